The third kappa shape index (κ3) is 5.32. The molecule has 0 radical (unpaired) electrons. The van der Waals surface area contributed by atoms with E-state index in [1.165, 1.54) is 25.7 Å². The van der Waals surface area contributed by atoms with Gasteiger partial charge < -0.3 is 9.47 Å². The lowest BCUT2D eigenvalue weighted by Gasteiger charge is -2.06. The van der Waals surface area contributed by atoms with Gasteiger partial charge in [-0.05, 0) is 48.7 Å². The highest BCUT2D eigenvalue weighted by atomic mass is 16.6. The molecule has 2 aromatic carbocycles. The number of aliphatic imine (C=N–C) groups is 1. The summed E-state index contributed by atoms with van der Waals surface area (Å²) in [7, 11) is 0. The number of hydrogen-bond donors (Lipinski definition) is 0. The number of benzene rings is 2. The Kier molecular flexibility index (Phi) is 7.01. The van der Waals surface area contributed by atoms with Crippen LogP contribution in [0.2, 0.25) is 0 Å². The van der Waals surface area contributed by atoms with Gasteiger partial charge in [0.15, 0.2) is 5.70 Å². The van der Waals surface area contributed by atoms with Gasteiger partial charge in [0.2, 0.25) is 5.90 Å². The maximum Gasteiger partial charge on any atom is 0.363 e. The fraction of sp³-hybridized carbons (Fsp3) is 0.333. The number of carbonyl (C=O) groups is 1. The number of rotatable bonds is 9. The van der Waals surface area contributed by atoms with Crippen LogP contribution >= 0.6 is 0 Å². The van der Waals surface area contributed by atoms with Crippen LogP contribution in [0.1, 0.15) is 55.7 Å². The highest BCUT2D eigenvalue weighted by molar-refractivity contribution is 6.13. The van der Waals surface area contributed by atoms with Gasteiger partial charge >= 0.3 is 5.97 Å². The van der Waals surface area contributed by atoms with Gasteiger partial charge in [0, 0.05) is 5.56 Å². The van der Waals surface area contributed by atoms with E-state index in [4.69, 9.17) is 9.47 Å². The molecule has 0 fully saturated rings. The predicted octanol–water partition coefficient (Wildman–Crippen LogP) is 5.69. The Bertz CT molecular complexity index is 866. The lowest BCUT2D eigenvalue weighted by molar-refractivity contribution is -0.129. The van der Waals surface area contributed by atoms with Gasteiger partial charge in [-0.3, -0.25) is 0 Å². The van der Waals surface area contributed by atoms with Crippen molar-refractivity contribution < 1.29 is 14.3 Å². The molecule has 0 spiro atoms. The highest BCUT2D eigenvalue weighted by Gasteiger charge is 2.24. The first-order chi connectivity index (χ1) is 13.7. The minimum atomic E-state index is -0.425. The molecule has 0 aliphatic carbocycles. The molecule has 1 heterocycles. The van der Waals surface area contributed by atoms with E-state index >= 15 is 0 Å². The van der Waals surface area contributed by atoms with E-state index in [0.717, 1.165) is 35.5 Å². The monoisotopic (exact) mass is 377 g/mol. The van der Waals surface area contributed by atoms with Gasteiger partial charge in [-0.15, -0.1) is 0 Å². The molecule has 0 saturated heterocycles. The molecule has 1 aliphatic heterocycles. The average Bonchev–Trinajstić information content (AvgIpc) is 3.06. The Morgan fingerprint density at radius 1 is 1.00 bits per heavy atom. The van der Waals surface area contributed by atoms with Gasteiger partial charge in [0.25, 0.3) is 0 Å². The standard InChI is InChI=1S/C24H27NO3/c1-3-4-5-6-9-16-27-20-14-12-19(13-15-20)17-22-24(26)28-23(25-22)21-11-8-7-10-18(21)2/h7-8,10-15,17H,3-6,9,16H2,1-2H3. The number of aryl methyl sites for hydroxylation is 1. The molecule has 0 aromatic heterocycles. The molecule has 0 saturated carbocycles. The second-order valence-corrected chi connectivity index (χ2v) is 6.98. The van der Waals surface area contributed by atoms with Crippen LogP contribution in [-0.4, -0.2) is 18.5 Å². The van der Waals surface area contributed by atoms with Crippen LogP contribution in [0.25, 0.3) is 6.08 Å². The van der Waals surface area contributed by atoms with E-state index in [2.05, 4.69) is 11.9 Å². The lowest BCUT2D eigenvalue weighted by atomic mass is 10.1. The Labute approximate surface area is 166 Å². The Morgan fingerprint density at radius 3 is 2.50 bits per heavy atom. The number of nitrogens with zero attached hydrogens (tertiary/aromatic N) is 1. The number of esters is 1. The van der Waals surface area contributed by atoms with Crippen molar-refractivity contribution in [2.75, 3.05) is 6.61 Å². The summed E-state index contributed by atoms with van der Waals surface area (Å²) in [4.78, 5) is 16.5. The van der Waals surface area contributed by atoms with Gasteiger partial charge in [0.05, 0.1) is 6.61 Å². The molecule has 2 aromatic rings. The molecule has 4 heteroatoms. The number of unbranched alkanes of at least 4 members (excludes halogenated alkanes) is 4. The van der Waals surface area contributed by atoms with Crippen molar-refractivity contribution in [1.29, 1.82) is 0 Å². The van der Waals surface area contributed by atoms with Gasteiger partial charge in [-0.2, -0.15) is 0 Å². The molecule has 0 bridgehead atoms. The molecule has 3 rings (SSSR count). The van der Waals surface area contributed by atoms with E-state index < -0.39 is 5.97 Å². The van der Waals surface area contributed by atoms with Crippen molar-refractivity contribution in [2.45, 2.75) is 46.0 Å². The van der Waals surface area contributed by atoms with Crippen LogP contribution in [0.4, 0.5) is 0 Å². The lowest BCUT2D eigenvalue weighted by Crippen LogP contribution is -2.06. The molecule has 4 nitrogen and oxygen atoms in total. The fourth-order valence-electron chi connectivity index (χ4n) is 3.05. The topological polar surface area (TPSA) is 47.9 Å². The minimum absolute atomic E-state index is 0.308. The molecule has 1 aliphatic rings. The summed E-state index contributed by atoms with van der Waals surface area (Å²) >= 11 is 0. The first-order valence-corrected chi connectivity index (χ1v) is 9.99. The van der Waals surface area contributed by atoms with Crippen molar-refractivity contribution in [3.8, 4) is 5.75 Å². The minimum Gasteiger partial charge on any atom is -0.494 e. The number of hydrogen-bond acceptors (Lipinski definition) is 4. The van der Waals surface area contributed by atoms with Crippen molar-refractivity contribution >= 4 is 17.9 Å². The van der Waals surface area contributed by atoms with Crippen LogP contribution in [0, 0.1) is 6.92 Å². The first kappa shape index (κ1) is 19.9. The Hall–Kier alpha value is -2.88. The van der Waals surface area contributed by atoms with Crippen LogP contribution in [-0.2, 0) is 9.53 Å². The molecule has 0 atom stereocenters. The number of cyclic esters (lactones) is 1. The highest BCUT2D eigenvalue weighted by Crippen LogP contribution is 2.22. The van der Waals surface area contributed by atoms with E-state index in [9.17, 15) is 4.79 Å². The normalized spacial score (nSPS) is 14.9. The van der Waals surface area contributed by atoms with E-state index in [1.807, 2.05) is 55.5 Å². The molecule has 0 amide bonds. The largest absolute Gasteiger partial charge is 0.494 e. The van der Waals surface area contributed by atoms with E-state index in [-0.39, 0.29) is 0 Å². The van der Waals surface area contributed by atoms with Gasteiger partial charge in [0.1, 0.15) is 5.75 Å². The van der Waals surface area contributed by atoms with Gasteiger partial charge in [-0.25, -0.2) is 9.79 Å². The first-order valence-electron chi connectivity index (χ1n) is 9.99. The zero-order chi connectivity index (χ0) is 19.8. The summed E-state index contributed by atoms with van der Waals surface area (Å²) in [5.74, 6) is 0.777. The molecule has 146 valence electrons. The molecule has 0 N–H and O–H groups in total. The maximum absolute atomic E-state index is 12.2. The van der Waals surface area contributed by atoms with Crippen LogP contribution in [0.5, 0.6) is 5.75 Å². The number of carbonyl (C=O) groups excluding carboxylic acids is 1. The summed E-state index contributed by atoms with van der Waals surface area (Å²) < 4.78 is 11.1. The second kappa shape index (κ2) is 9.88. The predicted molar refractivity (Wildman–Crippen MR) is 112 cm³/mol. The summed E-state index contributed by atoms with van der Waals surface area (Å²) in [6, 6.07) is 15.4. The van der Waals surface area contributed by atoms with Crippen molar-refractivity contribution in [1.82, 2.24) is 0 Å². The summed E-state index contributed by atoms with van der Waals surface area (Å²) in [5.41, 5.74) is 3.05. The maximum atomic E-state index is 12.2. The van der Waals surface area contributed by atoms with Crippen molar-refractivity contribution in [3.63, 3.8) is 0 Å². The zero-order valence-corrected chi connectivity index (χ0v) is 16.6. The second-order valence-electron chi connectivity index (χ2n) is 6.98. The van der Waals surface area contributed by atoms with Crippen LogP contribution in [0.15, 0.2) is 59.2 Å². The number of ether oxygens (including phenoxy) is 2. The van der Waals surface area contributed by atoms with Crippen LogP contribution < -0.4 is 4.74 Å². The van der Waals surface area contributed by atoms with E-state index in [0.29, 0.717) is 11.6 Å². The molecular weight excluding hydrogens is 350 g/mol. The third-order valence-corrected chi connectivity index (χ3v) is 4.70. The Balaban J connectivity index is 1.60. The van der Waals surface area contributed by atoms with Crippen molar-refractivity contribution in [2.24, 2.45) is 4.99 Å². The fourth-order valence-corrected chi connectivity index (χ4v) is 3.05. The summed E-state index contributed by atoms with van der Waals surface area (Å²) in [5, 5.41) is 0. The van der Waals surface area contributed by atoms with Crippen LogP contribution in [0.3, 0.4) is 0 Å². The SMILES string of the molecule is CCCCCCCOc1ccc(C=C2N=C(c3ccccc3C)OC2=O)cc1. The smallest absolute Gasteiger partial charge is 0.363 e. The summed E-state index contributed by atoms with van der Waals surface area (Å²) in [6.07, 6.45) is 7.84. The Morgan fingerprint density at radius 2 is 1.75 bits per heavy atom. The van der Waals surface area contributed by atoms with Crippen molar-refractivity contribution in [3.05, 3.63) is 70.9 Å². The van der Waals surface area contributed by atoms with E-state index in [1.54, 1.807) is 6.08 Å². The zero-order valence-electron chi connectivity index (χ0n) is 16.6. The molecule has 0 unspecified atom stereocenters. The quantitative estimate of drug-likeness (QED) is 0.320. The summed E-state index contributed by atoms with van der Waals surface area (Å²) in [6.45, 7) is 4.92. The third-order valence-electron chi connectivity index (χ3n) is 4.70. The molecule has 28 heavy (non-hydrogen) atoms. The van der Waals surface area contributed by atoms with Gasteiger partial charge in [-0.1, -0.05) is 62.9 Å². The average molecular weight is 377 g/mol. The molecular formula is C24H27NO3.